The van der Waals surface area contributed by atoms with Gasteiger partial charge >= 0.3 is 25.9 Å². The molecule has 2 aromatic carbocycles. The minimum atomic E-state index is -0.0130. The SMILES string of the molecule is CN1C=CN(c2[c-]cccc2)[CH-]1.[C-]1=c2ccccc2=[N+]2c3ncncc3-c3cccnc3C12.[Ir+3]. The van der Waals surface area contributed by atoms with Gasteiger partial charge in [-0.2, -0.15) is 43.1 Å². The normalized spacial score (nSPS) is 16.3. The van der Waals surface area contributed by atoms with Crippen molar-refractivity contribution in [1.29, 1.82) is 0 Å². The van der Waals surface area contributed by atoms with E-state index in [1.54, 1.807) is 6.33 Å². The molecule has 6 nitrogen and oxygen atoms in total. The molecule has 166 valence electrons. The van der Waals surface area contributed by atoms with Gasteiger partial charge in [0.15, 0.2) is 0 Å². The Morgan fingerprint density at radius 1 is 0.971 bits per heavy atom. The Balaban J connectivity index is 0.000000159. The van der Waals surface area contributed by atoms with Gasteiger partial charge in [-0.05, 0) is 30.5 Å². The summed E-state index contributed by atoms with van der Waals surface area (Å²) in [4.78, 5) is 17.3. The number of anilines is 1. The molecule has 0 fully saturated rings. The molecule has 0 bridgehead atoms. The van der Waals surface area contributed by atoms with Gasteiger partial charge in [0.25, 0.3) is 0 Å². The number of pyridine rings is 1. The van der Waals surface area contributed by atoms with Gasteiger partial charge in [0, 0.05) is 23.3 Å². The van der Waals surface area contributed by atoms with Crippen molar-refractivity contribution in [1.82, 2.24) is 24.4 Å². The monoisotopic (exact) mass is 621 g/mol. The zero-order valence-corrected chi connectivity index (χ0v) is 20.7. The summed E-state index contributed by atoms with van der Waals surface area (Å²) in [5.74, 6) is 0.924. The molecule has 0 saturated carbocycles. The largest absolute Gasteiger partial charge is 3.00 e. The van der Waals surface area contributed by atoms with Crippen molar-refractivity contribution in [2.45, 2.75) is 6.04 Å². The molecule has 1 atom stereocenters. The fraction of sp³-hybridized carbons (Fsp3) is 0.0741. The van der Waals surface area contributed by atoms with Gasteiger partial charge in [-0.25, -0.2) is 4.98 Å². The number of hydrogen-bond donors (Lipinski definition) is 0. The Hall–Kier alpha value is -3.67. The minimum Gasteiger partial charge on any atom is -0.510 e. The molecule has 0 saturated heterocycles. The topological polar surface area (TPSA) is 48.2 Å². The van der Waals surface area contributed by atoms with Crippen molar-refractivity contribution in [3.63, 3.8) is 0 Å². The van der Waals surface area contributed by atoms with E-state index < -0.39 is 0 Å². The summed E-state index contributed by atoms with van der Waals surface area (Å²) in [5, 5.41) is 2.23. The van der Waals surface area contributed by atoms with E-state index in [-0.39, 0.29) is 26.1 Å². The van der Waals surface area contributed by atoms with E-state index in [2.05, 4.69) is 49.9 Å². The number of benzene rings is 2. The molecule has 4 aromatic rings. The maximum absolute atomic E-state index is 4.58. The average molecular weight is 621 g/mol. The third kappa shape index (κ3) is 3.83. The number of fused-ring (bicyclic) bond motifs is 7. The average Bonchev–Trinajstić information content (AvgIpc) is 3.49. The van der Waals surface area contributed by atoms with E-state index in [0.717, 1.165) is 38.9 Å². The van der Waals surface area contributed by atoms with Crippen molar-refractivity contribution in [3.05, 3.63) is 121 Å². The van der Waals surface area contributed by atoms with Gasteiger partial charge in [-0.1, -0.05) is 18.2 Å². The van der Waals surface area contributed by atoms with Crippen molar-refractivity contribution in [2.24, 2.45) is 0 Å². The van der Waals surface area contributed by atoms with E-state index >= 15 is 0 Å². The third-order valence-corrected chi connectivity index (χ3v) is 5.76. The summed E-state index contributed by atoms with van der Waals surface area (Å²) >= 11 is 0. The van der Waals surface area contributed by atoms with Crippen molar-refractivity contribution >= 4 is 17.6 Å². The van der Waals surface area contributed by atoms with Gasteiger partial charge in [0.2, 0.25) is 6.33 Å². The van der Waals surface area contributed by atoms with Gasteiger partial charge < -0.3 is 9.80 Å². The first-order valence-electron chi connectivity index (χ1n) is 10.7. The third-order valence-electron chi connectivity index (χ3n) is 5.76. The maximum Gasteiger partial charge on any atom is 3.00 e. The first-order valence-corrected chi connectivity index (χ1v) is 10.7. The van der Waals surface area contributed by atoms with Crippen molar-refractivity contribution in [3.8, 4) is 11.1 Å². The molecule has 3 aliphatic rings. The molecule has 0 aliphatic carbocycles. The van der Waals surface area contributed by atoms with E-state index in [4.69, 9.17) is 0 Å². The van der Waals surface area contributed by atoms with Crippen LogP contribution in [0, 0.1) is 12.7 Å². The second kappa shape index (κ2) is 9.29. The van der Waals surface area contributed by atoms with E-state index in [9.17, 15) is 0 Å². The number of rotatable bonds is 1. The van der Waals surface area contributed by atoms with Crippen LogP contribution in [0.2, 0.25) is 0 Å². The molecule has 0 spiro atoms. The molecule has 0 radical (unpaired) electrons. The zero-order chi connectivity index (χ0) is 22.2. The predicted octanol–water partition coefficient (Wildman–Crippen LogP) is 2.91. The van der Waals surface area contributed by atoms with Crippen molar-refractivity contribution in [2.75, 3.05) is 11.9 Å². The van der Waals surface area contributed by atoms with E-state index in [1.807, 2.05) is 90.8 Å². The molecule has 3 aliphatic heterocycles. The van der Waals surface area contributed by atoms with Crippen LogP contribution in [0.4, 0.5) is 11.5 Å². The molecule has 0 N–H and O–H groups in total. The summed E-state index contributed by atoms with van der Waals surface area (Å²) in [6.07, 6.45) is 12.8. The van der Waals surface area contributed by atoms with Crippen LogP contribution in [0.5, 0.6) is 0 Å². The minimum absolute atomic E-state index is 0. The molecular weight excluding hydrogens is 601 g/mol. The summed E-state index contributed by atoms with van der Waals surface area (Å²) in [5.41, 5.74) is 4.19. The Kier molecular flexibility index (Phi) is 6.05. The van der Waals surface area contributed by atoms with E-state index in [0.29, 0.717) is 0 Å². The predicted molar refractivity (Wildman–Crippen MR) is 127 cm³/mol. The summed E-state index contributed by atoms with van der Waals surface area (Å²) in [6.45, 7) is 2.01. The fourth-order valence-corrected chi connectivity index (χ4v) is 4.29. The van der Waals surface area contributed by atoms with Gasteiger partial charge in [-0.3, -0.25) is 9.56 Å². The Labute approximate surface area is 211 Å². The maximum atomic E-state index is 4.58. The second-order valence-electron chi connectivity index (χ2n) is 7.86. The van der Waals surface area contributed by atoms with Crippen LogP contribution in [-0.2, 0) is 20.1 Å². The van der Waals surface area contributed by atoms with Crippen molar-refractivity contribution < 1.29 is 20.1 Å². The molecule has 7 rings (SSSR count). The summed E-state index contributed by atoms with van der Waals surface area (Å²) in [7, 11) is 2.00. The first kappa shape index (κ1) is 22.1. The molecule has 5 heterocycles. The smallest absolute Gasteiger partial charge is 0.510 e. The Bertz CT molecular complexity index is 1480. The number of nitrogens with zero attached hydrogens (tertiary/aromatic N) is 6. The van der Waals surface area contributed by atoms with Crippen LogP contribution in [0.15, 0.2) is 91.8 Å². The summed E-state index contributed by atoms with van der Waals surface area (Å²) < 4.78 is 2.20. The number of aromatic nitrogens is 3. The first-order chi connectivity index (χ1) is 16.3. The quantitative estimate of drug-likeness (QED) is 0.242. The Morgan fingerprint density at radius 2 is 1.85 bits per heavy atom. The van der Waals surface area contributed by atoms with Gasteiger partial charge in [0.1, 0.15) is 6.04 Å². The fourth-order valence-electron chi connectivity index (χ4n) is 4.29. The van der Waals surface area contributed by atoms with Gasteiger partial charge in [-0.15, -0.1) is 23.0 Å². The Morgan fingerprint density at radius 3 is 2.68 bits per heavy atom. The van der Waals surface area contributed by atoms with Crippen LogP contribution in [0.1, 0.15) is 11.7 Å². The molecule has 1 unspecified atom stereocenters. The molecule has 34 heavy (non-hydrogen) atoms. The molecule has 2 aromatic heterocycles. The second-order valence-corrected chi connectivity index (χ2v) is 7.86. The number of para-hydroxylation sites is 2. The van der Waals surface area contributed by atoms with E-state index in [1.165, 1.54) is 0 Å². The zero-order valence-electron chi connectivity index (χ0n) is 18.3. The van der Waals surface area contributed by atoms with Crippen LogP contribution < -0.4 is 20.1 Å². The van der Waals surface area contributed by atoms with Crippen LogP contribution in [-0.4, -0.2) is 26.9 Å². The van der Waals surface area contributed by atoms with Gasteiger partial charge in [0.05, 0.1) is 11.3 Å². The molecule has 7 heteroatoms. The van der Waals surface area contributed by atoms with Crippen LogP contribution >= 0.6 is 0 Å². The van der Waals surface area contributed by atoms with Crippen LogP contribution in [0.3, 0.4) is 0 Å². The molecule has 0 amide bonds. The molecular formula is C27H20IrN6+. The van der Waals surface area contributed by atoms with Crippen LogP contribution in [0.25, 0.3) is 17.2 Å². The standard InChI is InChI=1S/C17H10N4.C10H10N2.Ir/c1-2-6-14-11(4-1)8-15-16-12(5-3-7-19-16)13-9-18-10-20-17(13)21(14)15;1-11-7-8-12(9-11)10-5-3-2-4-6-10;/h1-7,9-10,15H;2-5,7-9H,1H3;/q;-2;+3. The number of hydrogen-bond acceptors (Lipinski definition) is 5. The summed E-state index contributed by atoms with van der Waals surface area (Å²) in [6, 6.07) is 23.3.